The van der Waals surface area contributed by atoms with Crippen LogP contribution < -0.4 is 5.32 Å². The molecule has 0 aliphatic heterocycles. The van der Waals surface area contributed by atoms with Gasteiger partial charge in [0.15, 0.2) is 4.47 Å². The highest BCUT2D eigenvalue weighted by Crippen LogP contribution is 2.32. The van der Waals surface area contributed by atoms with E-state index in [1.54, 1.807) is 6.20 Å². The number of hydrogen-bond donors (Lipinski definition) is 1. The first kappa shape index (κ1) is 13.1. The number of nitrogens with zero attached hydrogens (tertiary/aromatic N) is 1. The van der Waals surface area contributed by atoms with Crippen LogP contribution in [0.4, 0.5) is 5.69 Å². The van der Waals surface area contributed by atoms with Gasteiger partial charge in [-0.15, -0.1) is 11.3 Å². The zero-order chi connectivity index (χ0) is 12.4. The van der Waals surface area contributed by atoms with Crippen molar-refractivity contribution < 1.29 is 0 Å². The SMILES string of the molecule is Cc1c(Cl)ccc(Br)c1NCc1cnc(Cl)s1. The third-order valence-corrected chi connectivity index (χ3v) is 4.50. The minimum absolute atomic E-state index is 0.559. The first-order valence-electron chi connectivity index (χ1n) is 4.86. The number of benzene rings is 1. The Morgan fingerprint density at radius 3 is 2.82 bits per heavy atom. The first-order chi connectivity index (χ1) is 8.08. The maximum atomic E-state index is 6.08. The van der Waals surface area contributed by atoms with E-state index in [-0.39, 0.29) is 0 Å². The lowest BCUT2D eigenvalue weighted by Gasteiger charge is -2.11. The molecule has 90 valence electrons. The number of anilines is 1. The van der Waals surface area contributed by atoms with E-state index in [9.17, 15) is 0 Å². The molecule has 2 rings (SSSR count). The maximum absolute atomic E-state index is 6.08. The fraction of sp³-hybridized carbons (Fsp3) is 0.182. The van der Waals surface area contributed by atoms with Gasteiger partial charge in [0.1, 0.15) is 0 Å². The predicted octanol–water partition coefficient (Wildman–Crippen LogP) is 5.13. The van der Waals surface area contributed by atoms with Crippen molar-refractivity contribution in [1.29, 1.82) is 0 Å². The molecule has 0 amide bonds. The monoisotopic (exact) mass is 350 g/mol. The molecule has 0 fully saturated rings. The smallest absolute Gasteiger partial charge is 0.183 e. The van der Waals surface area contributed by atoms with Gasteiger partial charge >= 0.3 is 0 Å². The summed E-state index contributed by atoms with van der Waals surface area (Å²) in [5.74, 6) is 0. The van der Waals surface area contributed by atoms with Crippen LogP contribution in [0.15, 0.2) is 22.8 Å². The molecular weight excluding hydrogens is 343 g/mol. The Morgan fingerprint density at radius 2 is 2.18 bits per heavy atom. The van der Waals surface area contributed by atoms with E-state index in [2.05, 4.69) is 26.2 Å². The van der Waals surface area contributed by atoms with E-state index < -0.39 is 0 Å². The quantitative estimate of drug-likeness (QED) is 0.828. The second-order valence-electron chi connectivity index (χ2n) is 3.46. The van der Waals surface area contributed by atoms with Gasteiger partial charge < -0.3 is 5.32 Å². The lowest BCUT2D eigenvalue weighted by Crippen LogP contribution is -2.00. The second-order valence-corrected chi connectivity index (χ2v) is 6.42. The Labute approximate surface area is 122 Å². The summed E-state index contributed by atoms with van der Waals surface area (Å²) in [6.45, 7) is 2.67. The number of aromatic nitrogens is 1. The van der Waals surface area contributed by atoms with Crippen LogP contribution in [0.25, 0.3) is 0 Å². The van der Waals surface area contributed by atoms with Crippen molar-refractivity contribution in [1.82, 2.24) is 4.98 Å². The molecule has 17 heavy (non-hydrogen) atoms. The number of halogens is 3. The van der Waals surface area contributed by atoms with Gasteiger partial charge in [-0.05, 0) is 40.5 Å². The molecule has 0 saturated carbocycles. The van der Waals surface area contributed by atoms with Gasteiger partial charge in [-0.25, -0.2) is 4.98 Å². The molecule has 1 heterocycles. The van der Waals surface area contributed by atoms with Crippen molar-refractivity contribution in [3.05, 3.63) is 42.7 Å². The Morgan fingerprint density at radius 1 is 1.41 bits per heavy atom. The van der Waals surface area contributed by atoms with E-state index >= 15 is 0 Å². The third-order valence-electron chi connectivity index (χ3n) is 2.31. The van der Waals surface area contributed by atoms with Crippen LogP contribution in [0.5, 0.6) is 0 Å². The number of nitrogens with one attached hydrogen (secondary N) is 1. The molecule has 0 aliphatic rings. The summed E-state index contributed by atoms with van der Waals surface area (Å²) in [6, 6.07) is 3.80. The van der Waals surface area contributed by atoms with Crippen LogP contribution in [0.3, 0.4) is 0 Å². The summed E-state index contributed by atoms with van der Waals surface area (Å²) in [4.78, 5) is 5.08. The van der Waals surface area contributed by atoms with Crippen LogP contribution >= 0.6 is 50.5 Å². The molecule has 0 radical (unpaired) electrons. The number of rotatable bonds is 3. The van der Waals surface area contributed by atoms with E-state index in [4.69, 9.17) is 23.2 Å². The Balaban J connectivity index is 2.16. The standard InChI is InChI=1S/C11H9BrCl2N2S/c1-6-9(13)3-2-8(12)10(6)15-4-7-5-16-11(14)17-7/h2-3,5,15H,4H2,1H3. The fourth-order valence-corrected chi connectivity index (χ4v) is 3.06. The van der Waals surface area contributed by atoms with Gasteiger partial charge in [0.05, 0.1) is 12.2 Å². The molecule has 1 N–H and O–H groups in total. The fourth-order valence-electron chi connectivity index (χ4n) is 1.41. The topological polar surface area (TPSA) is 24.9 Å². The first-order valence-corrected chi connectivity index (χ1v) is 7.23. The highest BCUT2D eigenvalue weighted by Gasteiger charge is 2.07. The molecule has 0 spiro atoms. The Hall–Kier alpha value is -0.290. The van der Waals surface area contributed by atoms with E-state index in [0.29, 0.717) is 11.0 Å². The third kappa shape index (κ3) is 3.13. The molecular formula is C11H9BrCl2N2S. The number of hydrogen-bond acceptors (Lipinski definition) is 3. The highest BCUT2D eigenvalue weighted by molar-refractivity contribution is 9.10. The molecule has 0 unspecified atom stereocenters. The summed E-state index contributed by atoms with van der Waals surface area (Å²) >= 11 is 16.8. The second kappa shape index (κ2) is 5.57. The molecule has 2 aromatic rings. The minimum Gasteiger partial charge on any atom is -0.379 e. The lowest BCUT2D eigenvalue weighted by atomic mass is 10.2. The summed E-state index contributed by atoms with van der Waals surface area (Å²) in [7, 11) is 0. The van der Waals surface area contributed by atoms with Gasteiger partial charge in [-0.2, -0.15) is 0 Å². The van der Waals surface area contributed by atoms with Gasteiger partial charge in [0.2, 0.25) is 0 Å². The van der Waals surface area contributed by atoms with Crippen molar-refractivity contribution >= 4 is 56.2 Å². The van der Waals surface area contributed by atoms with Crippen molar-refractivity contribution in [2.24, 2.45) is 0 Å². The molecule has 2 nitrogen and oxygen atoms in total. The van der Waals surface area contributed by atoms with Crippen LogP contribution in [-0.4, -0.2) is 4.98 Å². The summed E-state index contributed by atoms with van der Waals surface area (Å²) in [6.07, 6.45) is 1.77. The zero-order valence-corrected chi connectivity index (χ0v) is 12.8. The van der Waals surface area contributed by atoms with Gasteiger partial charge in [0.25, 0.3) is 0 Å². The summed E-state index contributed by atoms with van der Waals surface area (Å²) < 4.78 is 1.55. The molecule has 0 aliphatic carbocycles. The molecule has 0 bridgehead atoms. The molecule has 0 saturated heterocycles. The van der Waals surface area contributed by atoms with E-state index in [1.165, 1.54) is 11.3 Å². The average Bonchev–Trinajstić information content (AvgIpc) is 2.70. The largest absolute Gasteiger partial charge is 0.379 e. The molecule has 1 aromatic heterocycles. The summed E-state index contributed by atoms with van der Waals surface area (Å²) in [5.41, 5.74) is 2.03. The number of thiazole rings is 1. The maximum Gasteiger partial charge on any atom is 0.183 e. The van der Waals surface area contributed by atoms with Crippen molar-refractivity contribution in [2.45, 2.75) is 13.5 Å². The van der Waals surface area contributed by atoms with Crippen LogP contribution in [0.1, 0.15) is 10.4 Å². The minimum atomic E-state index is 0.559. The normalized spacial score (nSPS) is 10.6. The lowest BCUT2D eigenvalue weighted by molar-refractivity contribution is 1.16. The van der Waals surface area contributed by atoms with Gasteiger partial charge in [-0.3, -0.25) is 0 Å². The van der Waals surface area contributed by atoms with Crippen LogP contribution in [-0.2, 0) is 6.54 Å². The summed E-state index contributed by atoms with van der Waals surface area (Å²) in [5, 5.41) is 4.08. The van der Waals surface area contributed by atoms with Crippen molar-refractivity contribution in [3.8, 4) is 0 Å². The van der Waals surface area contributed by atoms with E-state index in [1.807, 2.05) is 19.1 Å². The zero-order valence-electron chi connectivity index (χ0n) is 8.93. The molecule has 6 heteroatoms. The van der Waals surface area contributed by atoms with Crippen LogP contribution in [0.2, 0.25) is 9.49 Å². The highest BCUT2D eigenvalue weighted by atomic mass is 79.9. The van der Waals surface area contributed by atoms with Crippen LogP contribution in [0, 0.1) is 6.92 Å². The molecule has 0 atom stereocenters. The van der Waals surface area contributed by atoms with E-state index in [0.717, 1.165) is 25.6 Å². The average molecular weight is 352 g/mol. The van der Waals surface area contributed by atoms with Crippen molar-refractivity contribution in [3.63, 3.8) is 0 Å². The van der Waals surface area contributed by atoms with Gasteiger partial charge in [-0.1, -0.05) is 23.2 Å². The Kier molecular flexibility index (Phi) is 4.31. The predicted molar refractivity (Wildman–Crippen MR) is 78.3 cm³/mol. The molecule has 1 aromatic carbocycles. The van der Waals surface area contributed by atoms with Gasteiger partial charge in [0, 0.05) is 20.6 Å². The van der Waals surface area contributed by atoms with Crippen molar-refractivity contribution in [2.75, 3.05) is 5.32 Å². The Bertz CT molecular complexity index is 542.